The van der Waals surface area contributed by atoms with Crippen molar-refractivity contribution in [1.82, 2.24) is 5.32 Å². The average Bonchev–Trinajstić information content (AvgIpc) is 2.42. The molecule has 0 aromatic heterocycles. The monoisotopic (exact) mass is 265 g/mol. The van der Waals surface area contributed by atoms with Crippen LogP contribution in [0.5, 0.6) is 0 Å². The molecule has 0 fully saturated rings. The lowest BCUT2D eigenvalue weighted by Gasteiger charge is -2.12. The second kappa shape index (κ2) is 7.50. The summed E-state index contributed by atoms with van der Waals surface area (Å²) in [4.78, 5) is 22.7. The van der Waals surface area contributed by atoms with E-state index in [9.17, 15) is 9.59 Å². The molecule has 19 heavy (non-hydrogen) atoms. The molecule has 1 aromatic rings. The van der Waals surface area contributed by atoms with Crippen molar-refractivity contribution in [1.29, 1.82) is 0 Å². The number of amides is 2. The second-order valence-corrected chi connectivity index (χ2v) is 4.17. The molecule has 0 aliphatic rings. The highest BCUT2D eigenvalue weighted by Gasteiger charge is 2.12. The van der Waals surface area contributed by atoms with Crippen molar-refractivity contribution in [3.05, 3.63) is 35.4 Å². The maximum Gasteiger partial charge on any atom is 0.248 e. The summed E-state index contributed by atoms with van der Waals surface area (Å²) in [6.45, 7) is 0.742. The first kappa shape index (κ1) is 15.1. The zero-order chi connectivity index (χ0) is 14.3. The van der Waals surface area contributed by atoms with Crippen molar-refractivity contribution in [2.24, 2.45) is 11.5 Å². The van der Waals surface area contributed by atoms with Crippen molar-refractivity contribution < 1.29 is 14.3 Å². The molecule has 0 bridgehead atoms. The van der Waals surface area contributed by atoms with Gasteiger partial charge in [-0.05, 0) is 24.1 Å². The van der Waals surface area contributed by atoms with Crippen LogP contribution < -0.4 is 16.8 Å². The molecule has 1 rings (SSSR count). The van der Waals surface area contributed by atoms with Gasteiger partial charge in [-0.2, -0.15) is 0 Å². The maximum atomic E-state index is 11.7. The third kappa shape index (κ3) is 5.07. The van der Waals surface area contributed by atoms with Crippen molar-refractivity contribution in [3.63, 3.8) is 0 Å². The van der Waals surface area contributed by atoms with Gasteiger partial charge in [0.15, 0.2) is 0 Å². The van der Waals surface area contributed by atoms with Crippen LogP contribution in [0.3, 0.4) is 0 Å². The summed E-state index contributed by atoms with van der Waals surface area (Å²) in [5.41, 5.74) is 12.1. The third-order valence-corrected chi connectivity index (χ3v) is 2.65. The fraction of sp³-hybridized carbons (Fsp3) is 0.385. The number of hydrogen-bond donors (Lipinski definition) is 3. The van der Waals surface area contributed by atoms with E-state index in [4.69, 9.17) is 16.2 Å². The Labute approximate surface area is 112 Å². The molecule has 0 aliphatic carbocycles. The summed E-state index contributed by atoms with van der Waals surface area (Å²) in [6.07, 6.45) is 0.462. The Hall–Kier alpha value is -1.92. The van der Waals surface area contributed by atoms with Crippen LogP contribution in [0, 0.1) is 0 Å². The van der Waals surface area contributed by atoms with Gasteiger partial charge in [-0.3, -0.25) is 9.59 Å². The minimum Gasteiger partial charge on any atom is -0.385 e. The molecule has 0 saturated carbocycles. The molecule has 0 heterocycles. The molecular weight excluding hydrogens is 246 g/mol. The number of ether oxygens (including phenoxy) is 1. The summed E-state index contributed by atoms with van der Waals surface area (Å²) < 4.78 is 4.86. The van der Waals surface area contributed by atoms with E-state index in [1.165, 1.54) is 0 Å². The first-order chi connectivity index (χ1) is 9.04. The molecule has 0 radical (unpaired) electrons. The fourth-order valence-electron chi connectivity index (χ4n) is 1.53. The van der Waals surface area contributed by atoms with E-state index in [2.05, 4.69) is 5.32 Å². The van der Waals surface area contributed by atoms with Crippen LogP contribution in [0.1, 0.15) is 22.3 Å². The van der Waals surface area contributed by atoms with Crippen LogP contribution in [-0.2, 0) is 16.1 Å². The van der Waals surface area contributed by atoms with E-state index in [0.29, 0.717) is 25.1 Å². The van der Waals surface area contributed by atoms with Gasteiger partial charge in [-0.15, -0.1) is 0 Å². The summed E-state index contributed by atoms with van der Waals surface area (Å²) in [7, 11) is 1.56. The third-order valence-electron chi connectivity index (χ3n) is 2.65. The van der Waals surface area contributed by atoms with Gasteiger partial charge in [0.05, 0.1) is 6.04 Å². The number of hydrogen-bond acceptors (Lipinski definition) is 4. The zero-order valence-electron chi connectivity index (χ0n) is 10.9. The molecule has 0 spiro atoms. The number of methoxy groups -OCH3 is 1. The standard InChI is InChI=1S/C13H19N3O3/c1-19-6-5-11(14)13(18)16-8-9-3-2-4-10(7-9)12(15)17/h2-4,7,11H,5-6,8,14H2,1H3,(H2,15,17)(H,16,18). The molecule has 1 aromatic carbocycles. The quantitative estimate of drug-likeness (QED) is 0.632. The Morgan fingerprint density at radius 1 is 1.42 bits per heavy atom. The van der Waals surface area contributed by atoms with E-state index >= 15 is 0 Å². The minimum absolute atomic E-state index is 0.249. The van der Waals surface area contributed by atoms with Crippen LogP contribution in [0.4, 0.5) is 0 Å². The zero-order valence-corrected chi connectivity index (χ0v) is 10.9. The fourth-order valence-corrected chi connectivity index (χ4v) is 1.53. The van der Waals surface area contributed by atoms with Gasteiger partial charge in [0.25, 0.3) is 0 Å². The minimum atomic E-state index is -0.598. The summed E-state index contributed by atoms with van der Waals surface area (Å²) in [5, 5.41) is 2.70. The van der Waals surface area contributed by atoms with E-state index in [0.717, 1.165) is 5.56 Å². The van der Waals surface area contributed by atoms with E-state index < -0.39 is 11.9 Å². The van der Waals surface area contributed by atoms with Gasteiger partial charge < -0.3 is 21.5 Å². The molecule has 1 atom stereocenters. The Balaban J connectivity index is 2.50. The number of carbonyl (C=O) groups excluding carboxylic acids is 2. The number of nitrogens with two attached hydrogens (primary N) is 2. The predicted molar refractivity (Wildman–Crippen MR) is 71.3 cm³/mol. The Bertz CT molecular complexity index is 449. The highest BCUT2D eigenvalue weighted by Crippen LogP contribution is 2.04. The van der Waals surface area contributed by atoms with Gasteiger partial charge in [0, 0.05) is 25.8 Å². The Morgan fingerprint density at radius 2 is 2.16 bits per heavy atom. The summed E-state index contributed by atoms with van der Waals surface area (Å²) in [6, 6.07) is 6.18. The second-order valence-electron chi connectivity index (χ2n) is 4.17. The van der Waals surface area contributed by atoms with Crippen LogP contribution >= 0.6 is 0 Å². The largest absolute Gasteiger partial charge is 0.385 e. The molecule has 1 unspecified atom stereocenters. The summed E-state index contributed by atoms with van der Waals surface area (Å²) >= 11 is 0. The van der Waals surface area contributed by atoms with Crippen molar-refractivity contribution in [2.45, 2.75) is 19.0 Å². The van der Waals surface area contributed by atoms with Crippen LogP contribution in [0.25, 0.3) is 0 Å². The van der Waals surface area contributed by atoms with Crippen LogP contribution in [0.15, 0.2) is 24.3 Å². The number of nitrogens with one attached hydrogen (secondary N) is 1. The molecule has 0 saturated heterocycles. The SMILES string of the molecule is COCCC(N)C(=O)NCc1cccc(C(N)=O)c1. The number of benzene rings is 1. The number of primary amides is 1. The lowest BCUT2D eigenvalue weighted by atomic mass is 10.1. The lowest BCUT2D eigenvalue weighted by Crippen LogP contribution is -2.40. The normalized spacial score (nSPS) is 11.9. The van der Waals surface area contributed by atoms with Gasteiger partial charge in [0.1, 0.15) is 0 Å². The Kier molecular flexibility index (Phi) is 5.98. The number of rotatable bonds is 7. The van der Waals surface area contributed by atoms with Crippen molar-refractivity contribution >= 4 is 11.8 Å². The number of carbonyl (C=O) groups is 2. The predicted octanol–water partition coefficient (Wildman–Crippen LogP) is -0.234. The smallest absolute Gasteiger partial charge is 0.248 e. The molecule has 5 N–H and O–H groups in total. The van der Waals surface area contributed by atoms with Gasteiger partial charge >= 0.3 is 0 Å². The van der Waals surface area contributed by atoms with Crippen LogP contribution in [0.2, 0.25) is 0 Å². The van der Waals surface area contributed by atoms with E-state index in [1.807, 2.05) is 0 Å². The Morgan fingerprint density at radius 3 is 2.79 bits per heavy atom. The van der Waals surface area contributed by atoms with Gasteiger partial charge in [-0.25, -0.2) is 0 Å². The molecule has 0 aliphatic heterocycles. The van der Waals surface area contributed by atoms with Crippen LogP contribution in [-0.4, -0.2) is 31.6 Å². The highest BCUT2D eigenvalue weighted by atomic mass is 16.5. The lowest BCUT2D eigenvalue weighted by molar-refractivity contribution is -0.122. The first-order valence-corrected chi connectivity index (χ1v) is 5.95. The summed E-state index contributed by atoms with van der Waals surface area (Å²) in [5.74, 6) is -0.744. The molecule has 104 valence electrons. The highest BCUT2D eigenvalue weighted by molar-refractivity contribution is 5.92. The average molecular weight is 265 g/mol. The van der Waals surface area contributed by atoms with Crippen molar-refractivity contribution in [3.8, 4) is 0 Å². The van der Waals surface area contributed by atoms with E-state index in [1.54, 1.807) is 31.4 Å². The first-order valence-electron chi connectivity index (χ1n) is 5.95. The molecule has 6 heteroatoms. The maximum absolute atomic E-state index is 11.7. The molecule has 2 amide bonds. The van der Waals surface area contributed by atoms with Gasteiger partial charge in [-0.1, -0.05) is 12.1 Å². The van der Waals surface area contributed by atoms with Crippen molar-refractivity contribution in [2.75, 3.05) is 13.7 Å². The van der Waals surface area contributed by atoms with Gasteiger partial charge in [0.2, 0.25) is 11.8 Å². The van der Waals surface area contributed by atoms with E-state index in [-0.39, 0.29) is 5.91 Å². The molecular formula is C13H19N3O3. The topological polar surface area (TPSA) is 107 Å². The molecule has 6 nitrogen and oxygen atoms in total.